The number of carbonyl (C=O) groups is 1. The molecule has 0 radical (unpaired) electrons. The molecule has 0 amide bonds. The van der Waals surface area contributed by atoms with Crippen LogP contribution in [0.1, 0.15) is 16.1 Å². The molecule has 0 unspecified atom stereocenters. The molecule has 9 heteroatoms. The molecule has 2 rings (SSSR count). The molecule has 0 bridgehead atoms. The first-order chi connectivity index (χ1) is 10.7. The standard InChI is InChI=1S/C14H13Cl2N3O4/c1-18(2)6-7-11(13(21)22)17-14(23)19(12(7)20)9-5-3-4-8(15)10(9)16/h3-5H,6H2,1-2H3,(H,17,23)(H,21,22). The number of carboxylic acids is 1. The lowest BCUT2D eigenvalue weighted by atomic mass is 10.2. The number of aromatic amines is 1. The number of carboxylic acid groups (broad SMARTS) is 1. The third kappa shape index (κ3) is 3.31. The van der Waals surface area contributed by atoms with Crippen LogP contribution in [-0.2, 0) is 6.54 Å². The maximum atomic E-state index is 12.7. The zero-order chi connectivity index (χ0) is 17.3. The second-order valence-corrected chi connectivity index (χ2v) is 5.83. The van der Waals surface area contributed by atoms with Crippen molar-refractivity contribution in [2.45, 2.75) is 6.54 Å². The number of benzene rings is 1. The third-order valence-corrected chi connectivity index (χ3v) is 3.87. The van der Waals surface area contributed by atoms with E-state index in [2.05, 4.69) is 4.98 Å². The smallest absolute Gasteiger partial charge is 0.352 e. The van der Waals surface area contributed by atoms with Gasteiger partial charge in [0.1, 0.15) is 5.69 Å². The molecular weight excluding hydrogens is 345 g/mol. The lowest BCUT2D eigenvalue weighted by molar-refractivity contribution is 0.0687. The highest BCUT2D eigenvalue weighted by molar-refractivity contribution is 6.43. The highest BCUT2D eigenvalue weighted by Gasteiger charge is 2.21. The van der Waals surface area contributed by atoms with Crippen LogP contribution >= 0.6 is 23.2 Å². The Labute approximate surface area is 140 Å². The minimum absolute atomic E-state index is 0.0284. The zero-order valence-electron chi connectivity index (χ0n) is 12.3. The molecule has 1 aromatic carbocycles. The molecule has 0 saturated carbocycles. The predicted octanol–water partition coefficient (Wildman–Crippen LogP) is 1.59. The average molecular weight is 358 g/mol. The van der Waals surface area contributed by atoms with Crippen LogP contribution in [0.4, 0.5) is 0 Å². The van der Waals surface area contributed by atoms with E-state index in [1.54, 1.807) is 19.0 Å². The van der Waals surface area contributed by atoms with Gasteiger partial charge in [0.15, 0.2) is 0 Å². The molecular formula is C14H13Cl2N3O4. The van der Waals surface area contributed by atoms with Gasteiger partial charge in [0.25, 0.3) is 5.56 Å². The fraction of sp³-hybridized carbons (Fsp3) is 0.214. The summed E-state index contributed by atoms with van der Waals surface area (Å²) in [6.45, 7) is 0.0371. The molecule has 0 atom stereocenters. The van der Waals surface area contributed by atoms with Crippen LogP contribution in [0.2, 0.25) is 10.0 Å². The van der Waals surface area contributed by atoms with Gasteiger partial charge in [-0.05, 0) is 26.2 Å². The average Bonchev–Trinajstić information content (AvgIpc) is 2.45. The molecule has 0 aliphatic carbocycles. The van der Waals surface area contributed by atoms with E-state index in [9.17, 15) is 19.5 Å². The Morgan fingerprint density at radius 3 is 2.52 bits per heavy atom. The minimum Gasteiger partial charge on any atom is -0.477 e. The first-order valence-electron chi connectivity index (χ1n) is 6.44. The van der Waals surface area contributed by atoms with Gasteiger partial charge >= 0.3 is 11.7 Å². The number of H-pyrrole nitrogens is 1. The normalized spacial score (nSPS) is 11.0. The lowest BCUT2D eigenvalue weighted by Gasteiger charge is -2.14. The van der Waals surface area contributed by atoms with Crippen LogP contribution < -0.4 is 11.2 Å². The van der Waals surface area contributed by atoms with E-state index in [-0.39, 0.29) is 27.8 Å². The summed E-state index contributed by atoms with van der Waals surface area (Å²) in [5.41, 5.74) is -2.08. The van der Waals surface area contributed by atoms with E-state index in [0.29, 0.717) is 0 Å². The Hall–Kier alpha value is -2.09. The van der Waals surface area contributed by atoms with Crippen LogP contribution in [0.25, 0.3) is 5.69 Å². The van der Waals surface area contributed by atoms with Crippen LogP contribution in [0.3, 0.4) is 0 Å². The first-order valence-corrected chi connectivity index (χ1v) is 7.20. The number of aromatic carboxylic acids is 1. The fourth-order valence-corrected chi connectivity index (χ4v) is 2.48. The molecule has 0 aliphatic heterocycles. The molecule has 0 aliphatic rings. The van der Waals surface area contributed by atoms with Crippen molar-refractivity contribution in [3.63, 3.8) is 0 Å². The van der Waals surface area contributed by atoms with Crippen LogP contribution in [0, 0.1) is 0 Å². The van der Waals surface area contributed by atoms with Crippen LogP contribution in [0.5, 0.6) is 0 Å². The number of hydrogen-bond donors (Lipinski definition) is 2. The molecule has 0 spiro atoms. The minimum atomic E-state index is -1.39. The quantitative estimate of drug-likeness (QED) is 0.866. The van der Waals surface area contributed by atoms with Crippen molar-refractivity contribution in [1.29, 1.82) is 0 Å². The number of rotatable bonds is 4. The monoisotopic (exact) mass is 357 g/mol. The summed E-state index contributed by atoms with van der Waals surface area (Å²) in [6, 6.07) is 4.50. The molecule has 0 fully saturated rings. The van der Waals surface area contributed by atoms with Crippen molar-refractivity contribution in [3.8, 4) is 5.69 Å². The predicted molar refractivity (Wildman–Crippen MR) is 87.0 cm³/mol. The topological polar surface area (TPSA) is 95.4 Å². The SMILES string of the molecule is CN(C)Cc1c(C(=O)O)[nH]c(=O)n(-c2cccc(Cl)c2Cl)c1=O. The van der Waals surface area contributed by atoms with Crippen molar-refractivity contribution < 1.29 is 9.90 Å². The highest BCUT2D eigenvalue weighted by Crippen LogP contribution is 2.27. The summed E-state index contributed by atoms with van der Waals surface area (Å²) in [5.74, 6) is -1.39. The summed E-state index contributed by atoms with van der Waals surface area (Å²) >= 11 is 12.0. The molecule has 2 aromatic rings. The largest absolute Gasteiger partial charge is 0.477 e. The molecule has 122 valence electrons. The maximum absolute atomic E-state index is 12.7. The van der Waals surface area contributed by atoms with Crippen molar-refractivity contribution >= 4 is 29.2 Å². The van der Waals surface area contributed by atoms with Gasteiger partial charge in [-0.2, -0.15) is 0 Å². The molecule has 1 heterocycles. The van der Waals surface area contributed by atoms with E-state index in [4.69, 9.17) is 23.2 Å². The van der Waals surface area contributed by atoms with Crippen LogP contribution in [-0.4, -0.2) is 39.6 Å². The Morgan fingerprint density at radius 2 is 1.96 bits per heavy atom. The van der Waals surface area contributed by atoms with Gasteiger partial charge in [-0.25, -0.2) is 14.2 Å². The Kier molecular flexibility index (Phi) is 4.93. The van der Waals surface area contributed by atoms with Crippen molar-refractivity contribution in [1.82, 2.24) is 14.5 Å². The van der Waals surface area contributed by atoms with Gasteiger partial charge in [-0.15, -0.1) is 0 Å². The van der Waals surface area contributed by atoms with E-state index in [1.165, 1.54) is 18.2 Å². The molecule has 7 nitrogen and oxygen atoms in total. The van der Waals surface area contributed by atoms with Gasteiger partial charge in [0.2, 0.25) is 0 Å². The number of nitrogens with one attached hydrogen (secondary N) is 1. The van der Waals surface area contributed by atoms with Crippen LogP contribution in [0.15, 0.2) is 27.8 Å². The van der Waals surface area contributed by atoms with Gasteiger partial charge in [-0.3, -0.25) is 4.79 Å². The first kappa shape index (κ1) is 17.3. The lowest BCUT2D eigenvalue weighted by Crippen LogP contribution is -2.40. The highest BCUT2D eigenvalue weighted by atomic mass is 35.5. The van der Waals surface area contributed by atoms with Gasteiger partial charge < -0.3 is 15.0 Å². The summed E-state index contributed by atoms with van der Waals surface area (Å²) < 4.78 is 0.777. The second-order valence-electron chi connectivity index (χ2n) is 5.04. The van der Waals surface area contributed by atoms with E-state index in [1.807, 2.05) is 0 Å². The zero-order valence-corrected chi connectivity index (χ0v) is 13.8. The maximum Gasteiger partial charge on any atom is 0.352 e. The van der Waals surface area contributed by atoms with Gasteiger partial charge in [-0.1, -0.05) is 29.3 Å². The van der Waals surface area contributed by atoms with Gasteiger partial charge in [0, 0.05) is 6.54 Å². The number of halogens is 2. The molecule has 1 aromatic heterocycles. The van der Waals surface area contributed by atoms with Crippen molar-refractivity contribution in [3.05, 3.63) is 60.3 Å². The summed E-state index contributed by atoms with van der Waals surface area (Å²) in [4.78, 5) is 40.0. The van der Waals surface area contributed by atoms with E-state index < -0.39 is 22.9 Å². The third-order valence-electron chi connectivity index (χ3n) is 3.06. The number of hydrogen-bond acceptors (Lipinski definition) is 4. The Bertz CT molecular complexity index is 887. The number of aromatic nitrogens is 2. The summed E-state index contributed by atoms with van der Waals surface area (Å²) in [7, 11) is 3.35. The molecule has 23 heavy (non-hydrogen) atoms. The molecule has 2 N–H and O–H groups in total. The van der Waals surface area contributed by atoms with E-state index >= 15 is 0 Å². The molecule has 0 saturated heterocycles. The summed E-state index contributed by atoms with van der Waals surface area (Å²) in [6.07, 6.45) is 0. The summed E-state index contributed by atoms with van der Waals surface area (Å²) in [5, 5.41) is 9.41. The number of nitrogens with zero attached hydrogens (tertiary/aromatic N) is 2. The van der Waals surface area contributed by atoms with Crippen molar-refractivity contribution in [2.75, 3.05) is 14.1 Å². The Morgan fingerprint density at radius 1 is 1.30 bits per heavy atom. The Balaban J connectivity index is 2.86. The second kappa shape index (κ2) is 6.57. The fourth-order valence-electron chi connectivity index (χ4n) is 2.10. The van der Waals surface area contributed by atoms with E-state index in [0.717, 1.165) is 4.57 Å². The van der Waals surface area contributed by atoms with Gasteiger partial charge in [0.05, 0.1) is 21.3 Å². The van der Waals surface area contributed by atoms with Crippen molar-refractivity contribution in [2.24, 2.45) is 0 Å².